The number of nitrogens with zero attached hydrogens (tertiary/aromatic N) is 5. The summed E-state index contributed by atoms with van der Waals surface area (Å²) in [6.45, 7) is 3.77. The Balaban J connectivity index is 1.93. The molecule has 0 N–H and O–H groups in total. The van der Waals surface area contributed by atoms with E-state index in [4.69, 9.17) is 5.26 Å². The molecule has 2 rings (SSSR count). The second kappa shape index (κ2) is 6.01. The van der Waals surface area contributed by atoms with Crippen LogP contribution in [0.3, 0.4) is 0 Å². The summed E-state index contributed by atoms with van der Waals surface area (Å²) in [6.07, 6.45) is 6.49. The minimum Gasteiger partial charge on any atom is -0.359 e. The summed E-state index contributed by atoms with van der Waals surface area (Å²) in [6, 6.07) is 5.74. The van der Waals surface area contributed by atoms with E-state index in [0.29, 0.717) is 5.56 Å². The maximum atomic E-state index is 9.05. The average Bonchev–Trinajstić information content (AvgIpc) is 2.84. The lowest BCUT2D eigenvalue weighted by molar-refractivity contribution is 0.621. The van der Waals surface area contributed by atoms with Crippen molar-refractivity contribution in [2.45, 2.75) is 19.9 Å². The first-order valence-corrected chi connectivity index (χ1v) is 6.26. The Kier molecular flexibility index (Phi) is 4.14. The molecule has 0 bridgehead atoms. The number of nitriles is 1. The second-order valence-electron chi connectivity index (χ2n) is 4.43. The molecule has 2 aromatic heterocycles. The van der Waals surface area contributed by atoms with Gasteiger partial charge in [-0.15, -0.1) is 0 Å². The number of imidazole rings is 1. The van der Waals surface area contributed by atoms with Gasteiger partial charge in [-0.25, -0.2) is 9.97 Å². The largest absolute Gasteiger partial charge is 0.359 e. The lowest BCUT2D eigenvalue weighted by atomic mass is 10.2. The van der Waals surface area contributed by atoms with E-state index in [2.05, 4.69) is 20.6 Å². The molecule has 2 aromatic rings. The molecule has 0 aliphatic heterocycles. The summed E-state index contributed by atoms with van der Waals surface area (Å²) < 4.78 is 2.12. The molecule has 2 heterocycles. The minimum absolute atomic E-state index is 0.615. The number of rotatable bonds is 5. The van der Waals surface area contributed by atoms with Crippen molar-refractivity contribution in [3.05, 3.63) is 42.1 Å². The van der Waals surface area contributed by atoms with Gasteiger partial charge in [-0.3, -0.25) is 0 Å². The van der Waals surface area contributed by atoms with Gasteiger partial charge in [0.1, 0.15) is 17.7 Å². The lowest BCUT2D eigenvalue weighted by Gasteiger charge is -2.19. The second-order valence-corrected chi connectivity index (χ2v) is 4.43. The highest BCUT2D eigenvalue weighted by Gasteiger charge is 2.07. The quantitative estimate of drug-likeness (QED) is 0.819. The fourth-order valence-electron chi connectivity index (χ4n) is 2.01. The molecule has 0 aliphatic carbocycles. The summed E-state index contributed by atoms with van der Waals surface area (Å²) in [5, 5.41) is 9.05. The highest BCUT2D eigenvalue weighted by atomic mass is 15.2. The van der Waals surface area contributed by atoms with Crippen molar-refractivity contribution in [2.75, 3.05) is 18.5 Å². The molecule has 0 unspecified atom stereocenters. The molecule has 0 atom stereocenters. The minimum atomic E-state index is 0.615. The third kappa shape index (κ3) is 3.10. The van der Waals surface area contributed by atoms with Crippen LogP contribution in [0.1, 0.15) is 17.8 Å². The van der Waals surface area contributed by atoms with Gasteiger partial charge < -0.3 is 9.47 Å². The first-order chi connectivity index (χ1) is 9.22. The van der Waals surface area contributed by atoms with Crippen molar-refractivity contribution in [3.63, 3.8) is 0 Å². The van der Waals surface area contributed by atoms with E-state index in [0.717, 1.165) is 31.2 Å². The van der Waals surface area contributed by atoms with E-state index in [1.165, 1.54) is 0 Å². The Bertz CT molecular complexity index is 582. The van der Waals surface area contributed by atoms with E-state index in [9.17, 15) is 0 Å². The number of aromatic nitrogens is 3. The van der Waals surface area contributed by atoms with Crippen LogP contribution in [-0.2, 0) is 6.54 Å². The van der Waals surface area contributed by atoms with E-state index in [1.54, 1.807) is 18.3 Å². The number of pyridine rings is 1. The summed E-state index contributed by atoms with van der Waals surface area (Å²) in [5.41, 5.74) is 0.615. The fraction of sp³-hybridized carbons (Fsp3) is 0.357. The Morgan fingerprint density at radius 2 is 2.21 bits per heavy atom. The summed E-state index contributed by atoms with van der Waals surface area (Å²) in [7, 11) is 1.96. The molecule has 0 aromatic carbocycles. The van der Waals surface area contributed by atoms with Crippen LogP contribution in [-0.4, -0.2) is 28.1 Å². The Labute approximate surface area is 113 Å². The van der Waals surface area contributed by atoms with Gasteiger partial charge in [0.15, 0.2) is 0 Å². The molecule has 0 saturated carbocycles. The van der Waals surface area contributed by atoms with Crippen LogP contribution in [0.5, 0.6) is 0 Å². The SMILES string of the molecule is Cc1nccn1CCCN(C)c1ncccc1C#N. The maximum Gasteiger partial charge on any atom is 0.146 e. The molecule has 19 heavy (non-hydrogen) atoms. The molecule has 98 valence electrons. The van der Waals surface area contributed by atoms with E-state index >= 15 is 0 Å². The number of hydrogen-bond acceptors (Lipinski definition) is 4. The Morgan fingerprint density at radius 1 is 1.37 bits per heavy atom. The highest BCUT2D eigenvalue weighted by molar-refractivity contribution is 5.52. The summed E-state index contributed by atoms with van der Waals surface area (Å²) in [4.78, 5) is 10.5. The molecule has 5 nitrogen and oxygen atoms in total. The van der Waals surface area contributed by atoms with Crippen LogP contribution in [0.25, 0.3) is 0 Å². The standard InChI is InChI=1S/C14H17N5/c1-12-16-7-10-19(12)9-4-8-18(2)14-13(11-15)5-3-6-17-14/h3,5-7,10H,4,8-9H2,1-2H3. The van der Waals surface area contributed by atoms with Gasteiger partial charge in [0.05, 0.1) is 5.56 Å². The van der Waals surface area contributed by atoms with Crippen molar-refractivity contribution in [1.82, 2.24) is 14.5 Å². The average molecular weight is 255 g/mol. The van der Waals surface area contributed by atoms with Gasteiger partial charge >= 0.3 is 0 Å². The van der Waals surface area contributed by atoms with Gasteiger partial charge in [-0.2, -0.15) is 5.26 Å². The first kappa shape index (κ1) is 13.1. The van der Waals surface area contributed by atoms with E-state index < -0.39 is 0 Å². The summed E-state index contributed by atoms with van der Waals surface area (Å²) in [5.74, 6) is 1.77. The lowest BCUT2D eigenvalue weighted by Crippen LogP contribution is -2.22. The van der Waals surface area contributed by atoms with Crippen molar-refractivity contribution in [1.29, 1.82) is 5.26 Å². The third-order valence-corrected chi connectivity index (χ3v) is 3.08. The molecule has 0 aliphatic rings. The van der Waals surface area contributed by atoms with Gasteiger partial charge in [0.25, 0.3) is 0 Å². The smallest absolute Gasteiger partial charge is 0.146 e. The molecular weight excluding hydrogens is 238 g/mol. The van der Waals surface area contributed by atoms with Crippen LogP contribution in [0.15, 0.2) is 30.7 Å². The molecule has 0 fully saturated rings. The van der Waals surface area contributed by atoms with Crippen LogP contribution in [0.2, 0.25) is 0 Å². The van der Waals surface area contributed by atoms with Crippen molar-refractivity contribution in [3.8, 4) is 6.07 Å². The first-order valence-electron chi connectivity index (χ1n) is 6.26. The van der Waals surface area contributed by atoms with E-state index in [-0.39, 0.29) is 0 Å². The van der Waals surface area contributed by atoms with Gasteiger partial charge in [-0.1, -0.05) is 0 Å². The molecule has 5 heteroatoms. The zero-order chi connectivity index (χ0) is 13.7. The van der Waals surface area contributed by atoms with Crippen molar-refractivity contribution >= 4 is 5.82 Å². The van der Waals surface area contributed by atoms with Crippen LogP contribution < -0.4 is 4.90 Å². The predicted molar refractivity (Wildman–Crippen MR) is 73.8 cm³/mol. The van der Waals surface area contributed by atoms with E-state index in [1.807, 2.05) is 31.3 Å². The zero-order valence-corrected chi connectivity index (χ0v) is 11.2. The third-order valence-electron chi connectivity index (χ3n) is 3.08. The zero-order valence-electron chi connectivity index (χ0n) is 11.2. The topological polar surface area (TPSA) is 57.7 Å². The molecule has 0 radical (unpaired) electrons. The van der Waals surface area contributed by atoms with Gasteiger partial charge in [0, 0.05) is 38.7 Å². The normalized spacial score (nSPS) is 10.2. The fourth-order valence-corrected chi connectivity index (χ4v) is 2.01. The van der Waals surface area contributed by atoms with Gasteiger partial charge in [0.2, 0.25) is 0 Å². The molecule has 0 spiro atoms. The Hall–Kier alpha value is -2.35. The predicted octanol–water partition coefficient (Wildman–Crippen LogP) is 1.98. The van der Waals surface area contributed by atoms with Gasteiger partial charge in [-0.05, 0) is 25.5 Å². The van der Waals surface area contributed by atoms with Crippen LogP contribution in [0.4, 0.5) is 5.82 Å². The number of hydrogen-bond donors (Lipinski definition) is 0. The van der Waals surface area contributed by atoms with Crippen molar-refractivity contribution in [2.24, 2.45) is 0 Å². The highest BCUT2D eigenvalue weighted by Crippen LogP contribution is 2.14. The van der Waals surface area contributed by atoms with Crippen LogP contribution >= 0.6 is 0 Å². The monoisotopic (exact) mass is 255 g/mol. The number of anilines is 1. The molecule has 0 amide bonds. The molecule has 0 saturated heterocycles. The summed E-state index contributed by atoms with van der Waals surface area (Å²) >= 11 is 0. The maximum absolute atomic E-state index is 9.05. The number of aryl methyl sites for hydroxylation is 2. The van der Waals surface area contributed by atoms with Crippen molar-refractivity contribution < 1.29 is 0 Å². The molecular formula is C14H17N5. The Morgan fingerprint density at radius 3 is 2.89 bits per heavy atom. The van der Waals surface area contributed by atoms with Crippen LogP contribution in [0, 0.1) is 18.3 Å².